The minimum absolute atomic E-state index is 0.0523. The van der Waals surface area contributed by atoms with Crippen LogP contribution < -0.4 is 10.9 Å². The Balaban J connectivity index is 2.09. The molecule has 0 aliphatic heterocycles. The number of nitrogens with zero attached hydrogens (tertiary/aromatic N) is 2. The van der Waals surface area contributed by atoms with Crippen LogP contribution in [-0.2, 0) is 11.3 Å². The van der Waals surface area contributed by atoms with E-state index in [-0.39, 0.29) is 5.56 Å². The maximum atomic E-state index is 11.4. The Labute approximate surface area is 108 Å². The van der Waals surface area contributed by atoms with E-state index in [9.17, 15) is 4.79 Å². The van der Waals surface area contributed by atoms with Crippen molar-refractivity contribution in [3.63, 3.8) is 0 Å². The number of pyridine rings is 1. The molecule has 0 aromatic carbocycles. The third kappa shape index (κ3) is 5.95. The quantitative estimate of drug-likeness (QED) is 0.630. The van der Waals surface area contributed by atoms with Crippen molar-refractivity contribution in [1.29, 1.82) is 0 Å². The molecule has 0 aliphatic rings. The molecule has 1 N–H and O–H groups in total. The Kier molecular flexibility index (Phi) is 7.32. The van der Waals surface area contributed by atoms with Crippen molar-refractivity contribution < 1.29 is 4.74 Å². The molecule has 0 bridgehead atoms. The van der Waals surface area contributed by atoms with Crippen LogP contribution in [0.2, 0.25) is 0 Å². The second kappa shape index (κ2) is 8.85. The maximum Gasteiger partial charge on any atom is 0.250 e. The summed E-state index contributed by atoms with van der Waals surface area (Å²) < 4.78 is 6.72. The normalized spacial score (nSPS) is 11.1. The standard InChI is InChI=1S/C13H23N3O2/c1-15(11-12-18-2)9-6-14-7-10-16-8-4-3-5-13(16)17/h3-5,8,14H,6-7,9-12H2,1-2H3. The first kappa shape index (κ1) is 14.9. The highest BCUT2D eigenvalue weighted by molar-refractivity contribution is 4.93. The fourth-order valence-corrected chi connectivity index (χ4v) is 1.60. The molecule has 1 aromatic heterocycles. The van der Waals surface area contributed by atoms with Gasteiger partial charge in [0.1, 0.15) is 0 Å². The van der Waals surface area contributed by atoms with E-state index in [0.717, 1.165) is 32.8 Å². The SMILES string of the molecule is COCCN(C)CCNCCn1ccccc1=O. The lowest BCUT2D eigenvalue weighted by molar-refractivity contribution is 0.161. The largest absolute Gasteiger partial charge is 0.383 e. The highest BCUT2D eigenvalue weighted by Gasteiger charge is 1.97. The Hall–Kier alpha value is -1.17. The minimum atomic E-state index is 0.0523. The summed E-state index contributed by atoms with van der Waals surface area (Å²) in [5, 5.41) is 3.33. The van der Waals surface area contributed by atoms with Crippen LogP contribution in [0.4, 0.5) is 0 Å². The molecule has 1 rings (SSSR count). The van der Waals surface area contributed by atoms with Crippen molar-refractivity contribution in [2.75, 3.05) is 46.9 Å². The Morgan fingerprint density at radius 2 is 2.17 bits per heavy atom. The second-order valence-corrected chi connectivity index (χ2v) is 4.28. The van der Waals surface area contributed by atoms with Gasteiger partial charge in [0.25, 0.3) is 5.56 Å². The fraction of sp³-hybridized carbons (Fsp3) is 0.615. The summed E-state index contributed by atoms with van der Waals surface area (Å²) in [6, 6.07) is 5.22. The zero-order valence-electron chi connectivity index (χ0n) is 11.3. The second-order valence-electron chi connectivity index (χ2n) is 4.28. The van der Waals surface area contributed by atoms with Gasteiger partial charge in [-0.25, -0.2) is 0 Å². The summed E-state index contributed by atoms with van der Waals surface area (Å²) in [7, 11) is 3.78. The van der Waals surface area contributed by atoms with E-state index >= 15 is 0 Å². The van der Waals surface area contributed by atoms with E-state index in [1.165, 1.54) is 0 Å². The molecule has 0 fully saturated rings. The first-order valence-electron chi connectivity index (χ1n) is 6.27. The van der Waals surface area contributed by atoms with Crippen molar-refractivity contribution in [3.05, 3.63) is 34.7 Å². The number of hydrogen-bond donors (Lipinski definition) is 1. The summed E-state index contributed by atoms with van der Waals surface area (Å²) in [6.45, 7) is 5.12. The van der Waals surface area contributed by atoms with Crippen molar-refractivity contribution in [1.82, 2.24) is 14.8 Å². The molecule has 1 aromatic rings. The summed E-state index contributed by atoms with van der Waals surface area (Å²) in [5.41, 5.74) is 0.0523. The van der Waals surface area contributed by atoms with E-state index in [1.807, 2.05) is 12.3 Å². The lowest BCUT2D eigenvalue weighted by Gasteiger charge is -2.16. The molecule has 1 heterocycles. The molecular formula is C13H23N3O2. The van der Waals surface area contributed by atoms with E-state index in [1.54, 1.807) is 23.8 Å². The number of hydrogen-bond acceptors (Lipinski definition) is 4. The van der Waals surface area contributed by atoms with Crippen LogP contribution >= 0.6 is 0 Å². The molecule has 0 saturated heterocycles. The first-order chi connectivity index (χ1) is 8.74. The van der Waals surface area contributed by atoms with Gasteiger partial charge in [-0.1, -0.05) is 6.07 Å². The smallest absolute Gasteiger partial charge is 0.250 e. The van der Waals surface area contributed by atoms with Crippen LogP contribution in [0.15, 0.2) is 29.2 Å². The van der Waals surface area contributed by atoms with Crippen LogP contribution in [0, 0.1) is 0 Å². The molecule has 102 valence electrons. The first-order valence-corrected chi connectivity index (χ1v) is 6.27. The van der Waals surface area contributed by atoms with E-state index in [0.29, 0.717) is 6.54 Å². The van der Waals surface area contributed by atoms with Crippen molar-refractivity contribution in [2.24, 2.45) is 0 Å². The van der Waals surface area contributed by atoms with E-state index in [4.69, 9.17) is 4.74 Å². The van der Waals surface area contributed by atoms with Crippen LogP contribution in [0.25, 0.3) is 0 Å². The molecule has 5 nitrogen and oxygen atoms in total. The molecule has 0 atom stereocenters. The minimum Gasteiger partial charge on any atom is -0.383 e. The number of rotatable bonds is 9. The van der Waals surface area contributed by atoms with Crippen LogP contribution in [0.1, 0.15) is 0 Å². The van der Waals surface area contributed by atoms with Gasteiger partial charge in [0, 0.05) is 52.1 Å². The lowest BCUT2D eigenvalue weighted by Crippen LogP contribution is -2.33. The van der Waals surface area contributed by atoms with Gasteiger partial charge in [-0.05, 0) is 13.1 Å². The summed E-state index contributed by atoms with van der Waals surface area (Å²) in [4.78, 5) is 13.6. The van der Waals surface area contributed by atoms with E-state index in [2.05, 4.69) is 17.3 Å². The van der Waals surface area contributed by atoms with Gasteiger partial charge in [0.2, 0.25) is 0 Å². The summed E-state index contributed by atoms with van der Waals surface area (Å²) in [6.07, 6.45) is 1.81. The van der Waals surface area contributed by atoms with Crippen LogP contribution in [0.5, 0.6) is 0 Å². The van der Waals surface area contributed by atoms with Gasteiger partial charge in [-0.3, -0.25) is 4.79 Å². The highest BCUT2D eigenvalue weighted by atomic mass is 16.5. The Morgan fingerprint density at radius 3 is 2.89 bits per heavy atom. The van der Waals surface area contributed by atoms with Crippen molar-refractivity contribution in [2.45, 2.75) is 6.54 Å². The van der Waals surface area contributed by atoms with Gasteiger partial charge >= 0.3 is 0 Å². The third-order valence-corrected chi connectivity index (χ3v) is 2.78. The average molecular weight is 253 g/mol. The monoisotopic (exact) mass is 253 g/mol. The van der Waals surface area contributed by atoms with Crippen LogP contribution in [0.3, 0.4) is 0 Å². The van der Waals surface area contributed by atoms with Gasteiger partial charge in [-0.2, -0.15) is 0 Å². The molecule has 0 radical (unpaired) electrons. The van der Waals surface area contributed by atoms with Gasteiger partial charge < -0.3 is 19.5 Å². The van der Waals surface area contributed by atoms with Crippen molar-refractivity contribution >= 4 is 0 Å². The number of ether oxygens (including phenoxy) is 1. The summed E-state index contributed by atoms with van der Waals surface area (Å²) >= 11 is 0. The molecule has 0 saturated carbocycles. The molecule has 0 aliphatic carbocycles. The zero-order chi connectivity index (χ0) is 13.2. The lowest BCUT2D eigenvalue weighted by atomic mass is 10.4. The van der Waals surface area contributed by atoms with Gasteiger partial charge in [0.15, 0.2) is 0 Å². The fourth-order valence-electron chi connectivity index (χ4n) is 1.60. The highest BCUT2D eigenvalue weighted by Crippen LogP contribution is 1.83. The maximum absolute atomic E-state index is 11.4. The molecule has 0 spiro atoms. The van der Waals surface area contributed by atoms with E-state index < -0.39 is 0 Å². The van der Waals surface area contributed by atoms with Crippen molar-refractivity contribution in [3.8, 4) is 0 Å². The molecule has 5 heteroatoms. The number of nitrogens with one attached hydrogen (secondary N) is 1. The Bertz CT molecular complexity index is 378. The molecular weight excluding hydrogens is 230 g/mol. The zero-order valence-corrected chi connectivity index (χ0v) is 11.3. The number of aromatic nitrogens is 1. The Morgan fingerprint density at radius 1 is 1.33 bits per heavy atom. The number of methoxy groups -OCH3 is 1. The molecule has 0 unspecified atom stereocenters. The predicted molar refractivity (Wildman–Crippen MR) is 72.9 cm³/mol. The van der Waals surface area contributed by atoms with Gasteiger partial charge in [-0.15, -0.1) is 0 Å². The van der Waals surface area contributed by atoms with Gasteiger partial charge in [0.05, 0.1) is 6.61 Å². The van der Waals surface area contributed by atoms with Crippen LogP contribution in [-0.4, -0.2) is 56.4 Å². The summed E-state index contributed by atoms with van der Waals surface area (Å²) in [5.74, 6) is 0. The topological polar surface area (TPSA) is 46.5 Å². The average Bonchev–Trinajstić information content (AvgIpc) is 2.38. The molecule has 0 amide bonds. The third-order valence-electron chi connectivity index (χ3n) is 2.78. The molecule has 18 heavy (non-hydrogen) atoms. The predicted octanol–water partition coefficient (Wildman–Crippen LogP) is 0.0161. The number of likely N-dealkylation sites (N-methyl/N-ethyl adjacent to an activating group) is 1.